The number of rotatable bonds is 4. The molecule has 1 aliphatic heterocycles. The molecule has 25 heavy (non-hydrogen) atoms. The topological polar surface area (TPSA) is 32.3 Å². The monoisotopic (exact) mass is 356 g/mol. The number of para-hydroxylation sites is 1. The fraction of sp³-hybridized carbons (Fsp3) is 0.381. The average Bonchev–Trinajstić information content (AvgIpc) is 2.77. The van der Waals surface area contributed by atoms with Crippen molar-refractivity contribution in [3.8, 4) is 0 Å². The van der Waals surface area contributed by atoms with Crippen LogP contribution in [0.25, 0.3) is 0 Å². The van der Waals surface area contributed by atoms with Crippen molar-refractivity contribution in [3.63, 3.8) is 0 Å². The van der Waals surface area contributed by atoms with Crippen LogP contribution in [0.15, 0.2) is 42.5 Å². The van der Waals surface area contributed by atoms with Crippen LogP contribution in [0.4, 0.5) is 11.4 Å². The molecule has 0 saturated heterocycles. The molecule has 132 valence electrons. The van der Waals surface area contributed by atoms with Gasteiger partial charge in [-0.1, -0.05) is 36.7 Å². The van der Waals surface area contributed by atoms with Crippen molar-refractivity contribution in [2.45, 2.75) is 45.6 Å². The summed E-state index contributed by atoms with van der Waals surface area (Å²) < 4.78 is 0. The molecule has 1 N–H and O–H groups in total. The molecule has 2 aromatic carbocycles. The molecule has 1 heterocycles. The molecule has 1 aliphatic rings. The molecule has 1 amide bonds. The first kappa shape index (κ1) is 17.8. The second-order valence-corrected chi connectivity index (χ2v) is 7.07. The zero-order valence-electron chi connectivity index (χ0n) is 14.9. The van der Waals surface area contributed by atoms with E-state index in [0.29, 0.717) is 10.6 Å². The summed E-state index contributed by atoms with van der Waals surface area (Å²) in [5.74, 6) is -0.0195. The standard InChI is InChI=1S/C21H25ClN2O/c1-3-13-23-17-11-12-18(19(22)14-17)21(25)24-15(2)7-6-9-16-8-4-5-10-20(16)24/h4-5,8,10-12,14-15,23H,3,6-7,9,13H2,1-2H3. The van der Waals surface area contributed by atoms with E-state index in [9.17, 15) is 4.79 Å². The Bertz CT molecular complexity index is 759. The lowest BCUT2D eigenvalue weighted by molar-refractivity contribution is 0.0978. The molecule has 0 fully saturated rings. The summed E-state index contributed by atoms with van der Waals surface area (Å²) in [5, 5.41) is 3.81. The molecule has 3 nitrogen and oxygen atoms in total. The molecular formula is C21H25ClN2O. The Balaban J connectivity index is 1.94. The van der Waals surface area contributed by atoms with E-state index in [1.807, 2.05) is 41.3 Å². The third kappa shape index (κ3) is 3.82. The summed E-state index contributed by atoms with van der Waals surface area (Å²) in [6.07, 6.45) is 4.14. The van der Waals surface area contributed by atoms with Gasteiger partial charge in [0, 0.05) is 24.0 Å². The van der Waals surface area contributed by atoms with Gasteiger partial charge in [-0.15, -0.1) is 0 Å². The highest BCUT2D eigenvalue weighted by atomic mass is 35.5. The van der Waals surface area contributed by atoms with Crippen molar-refractivity contribution >= 4 is 28.9 Å². The Morgan fingerprint density at radius 1 is 1.28 bits per heavy atom. The van der Waals surface area contributed by atoms with Gasteiger partial charge in [-0.3, -0.25) is 4.79 Å². The molecule has 4 heteroatoms. The molecule has 1 unspecified atom stereocenters. The number of anilines is 2. The molecular weight excluding hydrogens is 332 g/mol. The van der Waals surface area contributed by atoms with Crippen LogP contribution in [0.1, 0.15) is 49.0 Å². The largest absolute Gasteiger partial charge is 0.385 e. The van der Waals surface area contributed by atoms with Gasteiger partial charge >= 0.3 is 0 Å². The second-order valence-electron chi connectivity index (χ2n) is 6.67. The maximum absolute atomic E-state index is 13.3. The highest BCUT2D eigenvalue weighted by molar-refractivity contribution is 6.34. The van der Waals surface area contributed by atoms with E-state index in [4.69, 9.17) is 11.6 Å². The molecule has 0 radical (unpaired) electrons. The number of carbonyl (C=O) groups excluding carboxylic acids is 1. The van der Waals surface area contributed by atoms with Crippen LogP contribution in [0.2, 0.25) is 5.02 Å². The zero-order chi connectivity index (χ0) is 17.8. The molecule has 3 rings (SSSR count). The highest BCUT2D eigenvalue weighted by Crippen LogP contribution is 2.32. The fourth-order valence-corrected chi connectivity index (χ4v) is 3.68. The van der Waals surface area contributed by atoms with Crippen molar-refractivity contribution < 1.29 is 4.79 Å². The van der Waals surface area contributed by atoms with Crippen molar-refractivity contribution in [1.29, 1.82) is 0 Å². The summed E-state index contributed by atoms with van der Waals surface area (Å²) in [4.78, 5) is 15.2. The number of hydrogen-bond acceptors (Lipinski definition) is 2. The predicted molar refractivity (Wildman–Crippen MR) is 106 cm³/mol. The van der Waals surface area contributed by atoms with E-state index in [2.05, 4.69) is 25.2 Å². The first-order valence-electron chi connectivity index (χ1n) is 9.06. The highest BCUT2D eigenvalue weighted by Gasteiger charge is 2.28. The van der Waals surface area contributed by atoms with Crippen molar-refractivity contribution in [3.05, 3.63) is 58.6 Å². The number of nitrogens with zero attached hydrogens (tertiary/aromatic N) is 1. The number of amides is 1. The van der Waals surface area contributed by atoms with Gasteiger partial charge in [0.15, 0.2) is 0 Å². The van der Waals surface area contributed by atoms with Gasteiger partial charge in [-0.25, -0.2) is 0 Å². The lowest BCUT2D eigenvalue weighted by Gasteiger charge is -2.29. The van der Waals surface area contributed by atoms with Crippen LogP contribution in [0.5, 0.6) is 0 Å². The first-order valence-corrected chi connectivity index (χ1v) is 9.44. The van der Waals surface area contributed by atoms with Crippen LogP contribution in [0.3, 0.4) is 0 Å². The Morgan fingerprint density at radius 2 is 2.08 bits per heavy atom. The quantitative estimate of drug-likeness (QED) is 0.780. The predicted octanol–water partition coefficient (Wildman–Crippen LogP) is 5.53. The van der Waals surface area contributed by atoms with Crippen LogP contribution in [-0.4, -0.2) is 18.5 Å². The number of aryl methyl sites for hydroxylation is 1. The molecule has 0 aliphatic carbocycles. The molecule has 0 spiro atoms. The van der Waals surface area contributed by atoms with Crippen molar-refractivity contribution in [2.24, 2.45) is 0 Å². The van der Waals surface area contributed by atoms with Gasteiger partial charge in [0.25, 0.3) is 5.91 Å². The lowest BCUT2D eigenvalue weighted by Crippen LogP contribution is -2.38. The van der Waals surface area contributed by atoms with Gasteiger partial charge in [0.05, 0.1) is 10.6 Å². The fourth-order valence-electron chi connectivity index (χ4n) is 3.42. The lowest BCUT2D eigenvalue weighted by atomic mass is 10.1. The minimum atomic E-state index is -0.0195. The molecule has 0 saturated carbocycles. The van der Waals surface area contributed by atoms with Crippen LogP contribution in [0, 0.1) is 0 Å². The molecule has 2 aromatic rings. The SMILES string of the molecule is CCCNc1ccc(C(=O)N2c3ccccc3CCCC2C)c(Cl)c1. The molecule has 0 bridgehead atoms. The van der Waals surface area contributed by atoms with E-state index in [-0.39, 0.29) is 11.9 Å². The molecule has 0 aromatic heterocycles. The zero-order valence-corrected chi connectivity index (χ0v) is 15.6. The van der Waals surface area contributed by atoms with E-state index < -0.39 is 0 Å². The number of benzene rings is 2. The third-order valence-corrected chi connectivity index (χ3v) is 5.07. The summed E-state index contributed by atoms with van der Waals surface area (Å²) in [5.41, 5.74) is 3.76. The van der Waals surface area contributed by atoms with Gasteiger partial charge in [0.2, 0.25) is 0 Å². The van der Waals surface area contributed by atoms with Gasteiger partial charge < -0.3 is 10.2 Å². The summed E-state index contributed by atoms with van der Waals surface area (Å²) in [6, 6.07) is 14.0. The van der Waals surface area contributed by atoms with Crippen LogP contribution in [-0.2, 0) is 6.42 Å². The summed E-state index contributed by atoms with van der Waals surface area (Å²) >= 11 is 6.45. The van der Waals surface area contributed by atoms with Crippen molar-refractivity contribution in [2.75, 3.05) is 16.8 Å². The Kier molecular flexibility index (Phi) is 5.64. The number of nitrogens with one attached hydrogen (secondary N) is 1. The minimum absolute atomic E-state index is 0.0195. The Hall–Kier alpha value is -2.00. The minimum Gasteiger partial charge on any atom is -0.385 e. The first-order chi connectivity index (χ1) is 12.1. The normalized spacial score (nSPS) is 16.9. The Labute approximate surface area is 155 Å². The Morgan fingerprint density at radius 3 is 2.84 bits per heavy atom. The van der Waals surface area contributed by atoms with E-state index >= 15 is 0 Å². The van der Waals surface area contributed by atoms with Gasteiger partial charge in [-0.05, 0) is 62.4 Å². The number of hydrogen-bond donors (Lipinski definition) is 1. The van der Waals surface area contributed by atoms with E-state index in [0.717, 1.165) is 43.6 Å². The number of halogens is 1. The average molecular weight is 357 g/mol. The third-order valence-electron chi connectivity index (χ3n) is 4.76. The van der Waals surface area contributed by atoms with Gasteiger partial charge in [0.1, 0.15) is 0 Å². The van der Waals surface area contributed by atoms with E-state index in [1.54, 1.807) is 0 Å². The van der Waals surface area contributed by atoms with Crippen LogP contribution >= 0.6 is 11.6 Å². The second kappa shape index (κ2) is 7.92. The number of carbonyl (C=O) groups is 1. The van der Waals surface area contributed by atoms with Crippen LogP contribution < -0.4 is 10.2 Å². The van der Waals surface area contributed by atoms with Crippen molar-refractivity contribution in [1.82, 2.24) is 0 Å². The molecule has 1 atom stereocenters. The summed E-state index contributed by atoms with van der Waals surface area (Å²) in [6.45, 7) is 5.12. The van der Waals surface area contributed by atoms with Gasteiger partial charge in [-0.2, -0.15) is 0 Å². The number of fused-ring (bicyclic) bond motifs is 1. The summed E-state index contributed by atoms with van der Waals surface area (Å²) in [7, 11) is 0. The van der Waals surface area contributed by atoms with E-state index in [1.165, 1.54) is 5.56 Å². The maximum atomic E-state index is 13.3. The maximum Gasteiger partial charge on any atom is 0.260 e. The smallest absolute Gasteiger partial charge is 0.260 e.